The summed E-state index contributed by atoms with van der Waals surface area (Å²) >= 11 is 0. The third-order valence-corrected chi connectivity index (χ3v) is 11.9. The van der Waals surface area contributed by atoms with E-state index in [0.717, 1.165) is 66.5 Å². The molecular formula is C60H44N8. The molecular weight excluding hydrogens is 833 g/mol. The molecule has 11 rings (SSSR count). The first-order chi connectivity index (χ1) is 33.7. The van der Waals surface area contributed by atoms with Crippen LogP contribution in [0.25, 0.3) is 62.0 Å². The minimum atomic E-state index is -0.342. The van der Waals surface area contributed by atoms with Crippen LogP contribution in [-0.4, -0.2) is 33.4 Å². The van der Waals surface area contributed by atoms with Crippen LogP contribution in [0.3, 0.4) is 0 Å². The number of guanidine groups is 1. The fourth-order valence-corrected chi connectivity index (χ4v) is 8.82. The summed E-state index contributed by atoms with van der Waals surface area (Å²) < 4.78 is 0. The normalized spacial score (nSPS) is 13.5. The molecule has 1 N–H and O–H groups in total. The maximum atomic E-state index is 4.95. The van der Waals surface area contributed by atoms with E-state index in [4.69, 9.17) is 15.0 Å². The molecule has 0 bridgehead atoms. The summed E-state index contributed by atoms with van der Waals surface area (Å²) in [4.78, 5) is 27.7. The van der Waals surface area contributed by atoms with Crippen molar-refractivity contribution >= 4 is 80.8 Å². The summed E-state index contributed by atoms with van der Waals surface area (Å²) in [6.07, 6.45) is 11.1. The molecule has 0 aliphatic carbocycles. The molecule has 8 heteroatoms. The maximum absolute atomic E-state index is 4.95. The van der Waals surface area contributed by atoms with Crippen LogP contribution in [0.1, 0.15) is 17.0 Å². The summed E-state index contributed by atoms with van der Waals surface area (Å²) in [5, 5.41) is 8.17. The molecule has 0 fully saturated rings. The van der Waals surface area contributed by atoms with Gasteiger partial charge in [-0.3, -0.25) is 9.80 Å². The zero-order chi connectivity index (χ0) is 45.5. The molecule has 8 nitrogen and oxygen atoms in total. The highest BCUT2D eigenvalue weighted by Gasteiger charge is 2.22. The number of anilines is 5. The Morgan fingerprint density at radius 1 is 0.426 bits per heavy atom. The van der Waals surface area contributed by atoms with E-state index < -0.39 is 0 Å². The molecule has 324 valence electrons. The van der Waals surface area contributed by atoms with Gasteiger partial charge in [-0.1, -0.05) is 170 Å². The standard InChI is InChI=1S/C60H44N8/c1-7-19-45(20-8-1)57-51-35-31-43(33-37-55-61-41-63-59(65-55)67(47-23-11-3-12-24-47)48-25-13-4-14-26-48)39-53(51)54-40-44(32-36-52(54)58(57)46-21-9-2-10-22-46)34-38-56-62-42-64-60(66-56)68(49-27-15-5-16-28-49)50-29-17-6-18-30-50/h1-42,55H,(H,61,63,65)/b37-33+,38-34+. The molecule has 0 saturated carbocycles. The van der Waals surface area contributed by atoms with Gasteiger partial charge in [0.1, 0.15) is 18.8 Å². The minimum absolute atomic E-state index is 0.342. The number of para-hydroxylation sites is 4. The number of nitrogens with one attached hydrogen (secondary N) is 1. The van der Waals surface area contributed by atoms with E-state index in [0.29, 0.717) is 17.7 Å². The summed E-state index contributed by atoms with van der Waals surface area (Å²) in [5.74, 6) is 1.78. The van der Waals surface area contributed by atoms with Crippen LogP contribution in [0.15, 0.2) is 241 Å². The highest BCUT2D eigenvalue weighted by Crippen LogP contribution is 2.45. The summed E-state index contributed by atoms with van der Waals surface area (Å²) in [6.45, 7) is 0. The predicted octanol–water partition coefficient (Wildman–Crippen LogP) is 14.3. The van der Waals surface area contributed by atoms with E-state index in [-0.39, 0.29) is 6.17 Å². The van der Waals surface area contributed by atoms with Crippen molar-refractivity contribution in [1.82, 2.24) is 20.3 Å². The van der Waals surface area contributed by atoms with Crippen molar-refractivity contribution in [2.75, 3.05) is 9.80 Å². The Hall–Kier alpha value is -9.27. The third kappa shape index (κ3) is 8.65. The summed E-state index contributed by atoms with van der Waals surface area (Å²) in [6, 6.07) is 75.7. The van der Waals surface area contributed by atoms with E-state index in [1.54, 1.807) is 12.7 Å². The largest absolute Gasteiger partial charge is 0.330 e. The van der Waals surface area contributed by atoms with Gasteiger partial charge in [0.15, 0.2) is 5.82 Å². The van der Waals surface area contributed by atoms with E-state index in [2.05, 4.69) is 184 Å². The van der Waals surface area contributed by atoms with Gasteiger partial charge >= 0.3 is 0 Å². The lowest BCUT2D eigenvalue weighted by molar-refractivity contribution is 0.756. The second-order valence-electron chi connectivity index (χ2n) is 16.2. The Morgan fingerprint density at radius 2 is 0.882 bits per heavy atom. The minimum Gasteiger partial charge on any atom is -0.330 e. The van der Waals surface area contributed by atoms with Gasteiger partial charge in [0.2, 0.25) is 11.9 Å². The molecule has 0 amide bonds. The molecule has 1 aliphatic heterocycles. The predicted molar refractivity (Wildman–Crippen MR) is 283 cm³/mol. The van der Waals surface area contributed by atoms with Gasteiger partial charge in [0, 0.05) is 22.7 Å². The second-order valence-corrected chi connectivity index (χ2v) is 16.2. The number of hydrogen-bond acceptors (Lipinski definition) is 8. The molecule has 9 aromatic carbocycles. The third-order valence-electron chi connectivity index (χ3n) is 11.9. The molecule has 0 saturated heterocycles. The van der Waals surface area contributed by atoms with Gasteiger partial charge in [-0.25, -0.2) is 20.0 Å². The van der Waals surface area contributed by atoms with Crippen molar-refractivity contribution in [3.63, 3.8) is 0 Å². The van der Waals surface area contributed by atoms with Gasteiger partial charge in [-0.05, 0) is 128 Å². The van der Waals surface area contributed by atoms with Gasteiger partial charge in [0.05, 0.1) is 0 Å². The number of aromatic nitrogens is 3. The van der Waals surface area contributed by atoms with Crippen molar-refractivity contribution in [2.24, 2.45) is 9.98 Å². The van der Waals surface area contributed by atoms with Crippen LogP contribution in [-0.2, 0) is 0 Å². The summed E-state index contributed by atoms with van der Waals surface area (Å²) in [7, 11) is 0. The van der Waals surface area contributed by atoms with Gasteiger partial charge in [0.25, 0.3) is 0 Å². The average Bonchev–Trinajstić information content (AvgIpc) is 3.41. The highest BCUT2D eigenvalue weighted by molar-refractivity contribution is 6.22. The van der Waals surface area contributed by atoms with E-state index >= 15 is 0 Å². The van der Waals surface area contributed by atoms with Crippen molar-refractivity contribution in [3.05, 3.63) is 248 Å². The van der Waals surface area contributed by atoms with Gasteiger partial charge in [-0.2, -0.15) is 4.98 Å². The molecule has 1 unspecified atom stereocenters. The second kappa shape index (κ2) is 19.1. The van der Waals surface area contributed by atoms with E-state index in [9.17, 15) is 0 Å². The zero-order valence-corrected chi connectivity index (χ0v) is 37.0. The molecule has 1 aromatic heterocycles. The Balaban J connectivity index is 0.988. The number of nitrogens with zero attached hydrogens (tertiary/aromatic N) is 7. The van der Waals surface area contributed by atoms with Gasteiger partial charge in [-0.15, -0.1) is 0 Å². The van der Waals surface area contributed by atoms with Crippen LogP contribution >= 0.6 is 0 Å². The van der Waals surface area contributed by atoms with Crippen molar-refractivity contribution < 1.29 is 0 Å². The SMILES string of the molecule is C1=NC(/C=C/c2ccc3c(-c4ccccc4)c(-c4ccccc4)c4ccc(/C=C/c5ncnc(N(c6ccccc6)c6ccccc6)n5)cc4c3c2)NC(N(c2ccccc2)c2ccccc2)=N1. The zero-order valence-electron chi connectivity index (χ0n) is 37.0. The van der Waals surface area contributed by atoms with Crippen LogP contribution in [0.2, 0.25) is 0 Å². The smallest absolute Gasteiger partial charge is 0.238 e. The van der Waals surface area contributed by atoms with Crippen LogP contribution in [0, 0.1) is 0 Å². The Morgan fingerprint density at radius 3 is 1.38 bits per heavy atom. The first-order valence-corrected chi connectivity index (χ1v) is 22.6. The van der Waals surface area contributed by atoms with E-state index in [1.807, 2.05) is 83.8 Å². The molecule has 0 radical (unpaired) electrons. The maximum Gasteiger partial charge on any atom is 0.238 e. The molecule has 1 aliphatic rings. The molecule has 1 atom stereocenters. The highest BCUT2D eigenvalue weighted by atomic mass is 15.4. The fraction of sp³-hybridized carbons (Fsp3) is 0.0167. The van der Waals surface area contributed by atoms with Crippen molar-refractivity contribution in [1.29, 1.82) is 0 Å². The first kappa shape index (κ1) is 41.4. The Labute approximate surface area is 395 Å². The van der Waals surface area contributed by atoms with Crippen molar-refractivity contribution in [2.45, 2.75) is 6.17 Å². The number of benzene rings is 9. The lowest BCUT2D eigenvalue weighted by Crippen LogP contribution is -2.44. The monoisotopic (exact) mass is 876 g/mol. The topological polar surface area (TPSA) is 81.9 Å². The number of aliphatic imine (C=N–C) groups is 2. The molecule has 2 heterocycles. The lowest BCUT2D eigenvalue weighted by Gasteiger charge is -2.29. The lowest BCUT2D eigenvalue weighted by atomic mass is 9.84. The number of fused-ring (bicyclic) bond motifs is 3. The number of rotatable bonds is 11. The van der Waals surface area contributed by atoms with Crippen LogP contribution in [0.5, 0.6) is 0 Å². The Kier molecular flexibility index (Phi) is 11.6. The van der Waals surface area contributed by atoms with Crippen molar-refractivity contribution in [3.8, 4) is 22.3 Å². The first-order valence-electron chi connectivity index (χ1n) is 22.6. The van der Waals surface area contributed by atoms with Crippen LogP contribution < -0.4 is 15.1 Å². The summed E-state index contributed by atoms with van der Waals surface area (Å²) in [5.41, 5.74) is 10.7. The fourth-order valence-electron chi connectivity index (χ4n) is 8.82. The molecule has 68 heavy (non-hydrogen) atoms. The Bertz CT molecular complexity index is 3390. The van der Waals surface area contributed by atoms with E-state index in [1.165, 1.54) is 11.1 Å². The van der Waals surface area contributed by atoms with Crippen LogP contribution in [0.4, 0.5) is 28.7 Å². The number of hydrogen-bond donors (Lipinski definition) is 1. The molecule has 0 spiro atoms. The van der Waals surface area contributed by atoms with Gasteiger partial charge < -0.3 is 5.32 Å². The average molecular weight is 877 g/mol. The molecule has 10 aromatic rings. The quantitative estimate of drug-likeness (QED) is 0.130.